The number of amides is 1. The Labute approximate surface area is 107 Å². The number of carboxylic acid groups (broad SMARTS) is 1. The summed E-state index contributed by atoms with van der Waals surface area (Å²) < 4.78 is 4.89. The molecule has 0 fully saturated rings. The number of nitrogens with one attached hydrogen (secondary N) is 1. The van der Waals surface area contributed by atoms with E-state index >= 15 is 0 Å². The molecular formula is C9H16LiNO5. The Kier molecular flexibility index (Phi) is 8.35. The molecule has 0 aliphatic carbocycles. The SMILES string of the molecule is CC(C)(C)OC(=O)NCC[C@H](O)C(=O)[O-].[Li+]. The Balaban J connectivity index is 0. The van der Waals surface area contributed by atoms with Crippen LogP contribution < -0.4 is 29.3 Å². The van der Waals surface area contributed by atoms with Crippen molar-refractivity contribution in [2.45, 2.75) is 38.9 Å². The van der Waals surface area contributed by atoms with Crippen LogP contribution >= 0.6 is 0 Å². The van der Waals surface area contributed by atoms with Gasteiger partial charge in [-0.1, -0.05) is 0 Å². The Morgan fingerprint density at radius 2 is 1.94 bits per heavy atom. The molecule has 0 saturated heterocycles. The summed E-state index contributed by atoms with van der Waals surface area (Å²) in [4.78, 5) is 21.1. The van der Waals surface area contributed by atoms with E-state index in [2.05, 4.69) is 5.32 Å². The first kappa shape index (κ1) is 17.7. The maximum absolute atomic E-state index is 11.0. The number of carbonyl (C=O) groups is 2. The quantitative estimate of drug-likeness (QED) is 0.475. The van der Waals surface area contributed by atoms with Crippen molar-refractivity contribution >= 4 is 12.1 Å². The van der Waals surface area contributed by atoms with E-state index in [0.29, 0.717) is 0 Å². The first-order chi connectivity index (χ1) is 6.72. The van der Waals surface area contributed by atoms with Gasteiger partial charge in [0.2, 0.25) is 0 Å². The molecule has 0 aliphatic heterocycles. The molecule has 0 aliphatic rings. The topological polar surface area (TPSA) is 98.7 Å². The molecule has 1 amide bonds. The van der Waals surface area contributed by atoms with Crippen LogP contribution in [0.15, 0.2) is 0 Å². The van der Waals surface area contributed by atoms with Gasteiger partial charge in [0.05, 0.1) is 12.1 Å². The second-order valence-electron chi connectivity index (χ2n) is 4.05. The Morgan fingerprint density at radius 3 is 2.31 bits per heavy atom. The summed E-state index contributed by atoms with van der Waals surface area (Å²) in [7, 11) is 0. The summed E-state index contributed by atoms with van der Waals surface area (Å²) in [5.74, 6) is -1.55. The standard InChI is InChI=1S/C9H17NO5.Li/c1-9(2,3)15-8(14)10-5-4-6(11)7(12)13;/h6,11H,4-5H2,1-3H3,(H,10,14)(H,12,13);/q;+1/p-1/t6-;/m0./s1. The summed E-state index contributed by atoms with van der Waals surface area (Å²) in [6.45, 7) is 5.15. The molecule has 0 saturated carbocycles. The molecule has 0 unspecified atom stereocenters. The second-order valence-corrected chi connectivity index (χ2v) is 4.05. The van der Waals surface area contributed by atoms with Gasteiger partial charge in [-0.15, -0.1) is 0 Å². The van der Waals surface area contributed by atoms with E-state index in [4.69, 9.17) is 9.84 Å². The molecule has 7 heteroatoms. The molecule has 0 heterocycles. The number of aliphatic carboxylic acids is 1. The zero-order chi connectivity index (χ0) is 12.1. The van der Waals surface area contributed by atoms with Gasteiger partial charge in [0.1, 0.15) is 5.60 Å². The Morgan fingerprint density at radius 1 is 1.44 bits per heavy atom. The largest absolute Gasteiger partial charge is 1.00 e. The van der Waals surface area contributed by atoms with Gasteiger partial charge < -0.3 is 25.1 Å². The number of carboxylic acids is 1. The van der Waals surface area contributed by atoms with Gasteiger partial charge in [0, 0.05) is 6.54 Å². The molecule has 1 atom stereocenters. The molecule has 0 rings (SSSR count). The maximum atomic E-state index is 11.0. The van der Waals surface area contributed by atoms with Gasteiger partial charge in [-0.05, 0) is 27.2 Å². The van der Waals surface area contributed by atoms with Crippen LogP contribution in [-0.4, -0.2) is 35.4 Å². The number of ether oxygens (including phenoxy) is 1. The van der Waals surface area contributed by atoms with E-state index in [1.807, 2.05) is 0 Å². The molecule has 0 bridgehead atoms. The molecule has 0 aromatic carbocycles. The molecule has 2 N–H and O–H groups in total. The monoisotopic (exact) mass is 225 g/mol. The third-order valence-electron chi connectivity index (χ3n) is 1.36. The summed E-state index contributed by atoms with van der Waals surface area (Å²) in [5.41, 5.74) is -0.600. The van der Waals surface area contributed by atoms with Crippen LogP contribution in [0.4, 0.5) is 4.79 Å². The van der Waals surface area contributed by atoms with Crippen molar-refractivity contribution in [1.29, 1.82) is 0 Å². The van der Waals surface area contributed by atoms with E-state index < -0.39 is 23.8 Å². The zero-order valence-corrected chi connectivity index (χ0v) is 10.1. The van der Waals surface area contributed by atoms with E-state index in [1.54, 1.807) is 20.8 Å². The molecular weight excluding hydrogens is 209 g/mol. The van der Waals surface area contributed by atoms with Gasteiger partial charge >= 0.3 is 25.0 Å². The number of alkyl carbamates (subject to hydrolysis) is 1. The van der Waals surface area contributed by atoms with Crippen LogP contribution in [0.5, 0.6) is 0 Å². The minimum Gasteiger partial charge on any atom is -0.547 e. The van der Waals surface area contributed by atoms with Crippen LogP contribution in [0.25, 0.3) is 0 Å². The van der Waals surface area contributed by atoms with Crippen molar-refractivity contribution in [3.63, 3.8) is 0 Å². The number of aliphatic hydroxyl groups excluding tert-OH is 1. The summed E-state index contributed by atoms with van der Waals surface area (Å²) >= 11 is 0. The van der Waals surface area contributed by atoms with Gasteiger partial charge in [-0.2, -0.15) is 0 Å². The summed E-state index contributed by atoms with van der Waals surface area (Å²) in [6.07, 6.45) is -2.32. The fraction of sp³-hybridized carbons (Fsp3) is 0.778. The van der Waals surface area contributed by atoms with Crippen LogP contribution in [-0.2, 0) is 9.53 Å². The Bertz CT molecular complexity index is 239. The first-order valence-electron chi connectivity index (χ1n) is 4.58. The van der Waals surface area contributed by atoms with Gasteiger partial charge in [-0.3, -0.25) is 0 Å². The molecule has 0 aromatic heterocycles. The van der Waals surface area contributed by atoms with Crippen molar-refractivity contribution in [1.82, 2.24) is 5.32 Å². The number of carbonyl (C=O) groups excluding carboxylic acids is 2. The van der Waals surface area contributed by atoms with Crippen molar-refractivity contribution in [3.05, 3.63) is 0 Å². The number of hydrogen-bond donors (Lipinski definition) is 2. The van der Waals surface area contributed by atoms with E-state index in [-0.39, 0.29) is 31.8 Å². The number of aliphatic hydroxyl groups is 1. The second kappa shape index (κ2) is 7.55. The zero-order valence-electron chi connectivity index (χ0n) is 10.1. The van der Waals surface area contributed by atoms with Gasteiger partial charge in [-0.25, -0.2) is 4.79 Å². The van der Waals surface area contributed by atoms with Gasteiger partial charge in [0.15, 0.2) is 0 Å². The van der Waals surface area contributed by atoms with Crippen molar-refractivity contribution in [3.8, 4) is 0 Å². The minimum absolute atomic E-state index is 0. The van der Waals surface area contributed by atoms with Crippen LogP contribution in [0.2, 0.25) is 0 Å². The molecule has 88 valence electrons. The molecule has 0 aromatic rings. The predicted octanol–water partition coefficient (Wildman–Crippen LogP) is -3.98. The van der Waals surface area contributed by atoms with E-state index in [9.17, 15) is 14.7 Å². The smallest absolute Gasteiger partial charge is 0.547 e. The predicted molar refractivity (Wildman–Crippen MR) is 49.9 cm³/mol. The van der Waals surface area contributed by atoms with Crippen LogP contribution in [0, 0.1) is 0 Å². The van der Waals surface area contributed by atoms with Crippen LogP contribution in [0.3, 0.4) is 0 Å². The Hall–Kier alpha value is -0.703. The molecule has 0 spiro atoms. The fourth-order valence-corrected chi connectivity index (χ4v) is 0.743. The minimum atomic E-state index is -1.57. The van der Waals surface area contributed by atoms with E-state index in [1.165, 1.54) is 0 Å². The van der Waals surface area contributed by atoms with Crippen molar-refractivity contribution in [2.75, 3.05) is 6.54 Å². The number of hydrogen-bond acceptors (Lipinski definition) is 5. The third-order valence-corrected chi connectivity index (χ3v) is 1.36. The van der Waals surface area contributed by atoms with Crippen molar-refractivity contribution in [2.24, 2.45) is 0 Å². The normalized spacial score (nSPS) is 12.2. The summed E-state index contributed by atoms with van der Waals surface area (Å²) in [5, 5.41) is 21.2. The average molecular weight is 225 g/mol. The number of rotatable bonds is 4. The van der Waals surface area contributed by atoms with E-state index in [0.717, 1.165) is 0 Å². The van der Waals surface area contributed by atoms with Crippen LogP contribution in [0.1, 0.15) is 27.2 Å². The maximum Gasteiger partial charge on any atom is 1.00 e. The molecule has 6 nitrogen and oxygen atoms in total. The molecule has 0 radical (unpaired) electrons. The third kappa shape index (κ3) is 9.84. The van der Waals surface area contributed by atoms with Gasteiger partial charge in [0.25, 0.3) is 0 Å². The summed E-state index contributed by atoms with van der Waals surface area (Å²) in [6, 6.07) is 0. The first-order valence-corrected chi connectivity index (χ1v) is 4.58. The van der Waals surface area contributed by atoms with Crippen molar-refractivity contribution < 1.29 is 43.4 Å². The average Bonchev–Trinajstić information content (AvgIpc) is 2.00. The molecule has 16 heavy (non-hydrogen) atoms. The fourth-order valence-electron chi connectivity index (χ4n) is 0.743.